The summed E-state index contributed by atoms with van der Waals surface area (Å²) in [4.78, 5) is 22.5. The van der Waals surface area contributed by atoms with Crippen molar-refractivity contribution < 1.29 is 19.1 Å². The summed E-state index contributed by atoms with van der Waals surface area (Å²) in [5.74, 6) is 0.265. The van der Waals surface area contributed by atoms with Crippen LogP contribution in [0.4, 0.5) is 11.4 Å². The second-order valence-electron chi connectivity index (χ2n) is 4.49. The van der Waals surface area contributed by atoms with E-state index in [2.05, 4.69) is 10.6 Å². The molecule has 0 saturated heterocycles. The zero-order valence-electron chi connectivity index (χ0n) is 12.7. The van der Waals surface area contributed by atoms with Gasteiger partial charge in [0.25, 0.3) is 0 Å². The Balaban J connectivity index is 2.59. The first-order valence-corrected chi connectivity index (χ1v) is 6.92. The van der Waals surface area contributed by atoms with Crippen molar-refractivity contribution in [2.45, 2.75) is 26.7 Å². The molecule has 0 aliphatic heterocycles. The van der Waals surface area contributed by atoms with E-state index in [-0.39, 0.29) is 18.3 Å². The average Bonchev–Trinajstić information content (AvgIpc) is 2.45. The Morgan fingerprint density at radius 2 is 2.05 bits per heavy atom. The van der Waals surface area contributed by atoms with E-state index in [0.717, 1.165) is 6.42 Å². The zero-order chi connectivity index (χ0) is 15.7. The number of ether oxygens (including phenoxy) is 2. The van der Waals surface area contributed by atoms with Crippen molar-refractivity contribution in [2.75, 3.05) is 30.9 Å². The van der Waals surface area contributed by atoms with E-state index in [4.69, 9.17) is 9.47 Å². The Morgan fingerprint density at radius 3 is 2.67 bits per heavy atom. The first-order chi connectivity index (χ1) is 10.1. The highest BCUT2D eigenvalue weighted by Gasteiger charge is 2.07. The van der Waals surface area contributed by atoms with Gasteiger partial charge in [-0.05, 0) is 24.6 Å². The van der Waals surface area contributed by atoms with Gasteiger partial charge in [0.2, 0.25) is 5.91 Å². The number of benzene rings is 1. The van der Waals surface area contributed by atoms with Gasteiger partial charge in [-0.25, -0.2) is 0 Å². The average molecular weight is 294 g/mol. The first-order valence-electron chi connectivity index (χ1n) is 6.92. The quantitative estimate of drug-likeness (QED) is 0.720. The fraction of sp³-hybridized carbons (Fsp3) is 0.467. The molecule has 0 radical (unpaired) electrons. The second kappa shape index (κ2) is 8.84. The number of carbonyl (C=O) groups excluding carboxylic acids is 2. The van der Waals surface area contributed by atoms with Gasteiger partial charge >= 0.3 is 5.97 Å². The minimum absolute atomic E-state index is 0.144. The van der Waals surface area contributed by atoms with Gasteiger partial charge in [-0.3, -0.25) is 9.59 Å². The molecule has 1 amide bonds. The summed E-state index contributed by atoms with van der Waals surface area (Å²) < 4.78 is 10.2. The van der Waals surface area contributed by atoms with Crippen LogP contribution in [0.3, 0.4) is 0 Å². The number of carbonyl (C=O) groups is 2. The molecular weight excluding hydrogens is 272 g/mol. The molecule has 1 rings (SSSR count). The standard InChI is InChI=1S/C15H22N2O4/c1-4-9-21-15(19)7-8-16-13-10-12(17-11(2)18)5-6-14(13)20-3/h5-6,10,16H,4,7-9H2,1-3H3,(H,17,18). The molecular formula is C15H22N2O4. The van der Waals surface area contributed by atoms with E-state index in [1.54, 1.807) is 25.3 Å². The van der Waals surface area contributed by atoms with E-state index < -0.39 is 0 Å². The van der Waals surface area contributed by atoms with Crippen molar-refractivity contribution in [1.82, 2.24) is 0 Å². The van der Waals surface area contributed by atoms with Gasteiger partial charge in [-0.2, -0.15) is 0 Å². The predicted molar refractivity (Wildman–Crippen MR) is 81.7 cm³/mol. The third-order valence-corrected chi connectivity index (χ3v) is 2.63. The largest absolute Gasteiger partial charge is 0.495 e. The smallest absolute Gasteiger partial charge is 0.307 e. The number of rotatable bonds is 8. The lowest BCUT2D eigenvalue weighted by atomic mass is 10.2. The highest BCUT2D eigenvalue weighted by atomic mass is 16.5. The van der Waals surface area contributed by atoms with Gasteiger partial charge in [0.15, 0.2) is 0 Å². The number of anilines is 2. The maximum Gasteiger partial charge on any atom is 0.307 e. The molecule has 0 saturated carbocycles. The van der Waals surface area contributed by atoms with Crippen LogP contribution >= 0.6 is 0 Å². The van der Waals surface area contributed by atoms with Gasteiger partial charge in [-0.1, -0.05) is 6.92 Å². The minimum Gasteiger partial charge on any atom is -0.495 e. The van der Waals surface area contributed by atoms with Crippen LogP contribution < -0.4 is 15.4 Å². The van der Waals surface area contributed by atoms with Gasteiger partial charge in [-0.15, -0.1) is 0 Å². The first kappa shape index (κ1) is 16.8. The second-order valence-corrected chi connectivity index (χ2v) is 4.49. The van der Waals surface area contributed by atoms with Crippen LogP contribution in [0, 0.1) is 0 Å². The number of hydrogen-bond donors (Lipinski definition) is 2. The van der Waals surface area contributed by atoms with Crippen molar-refractivity contribution in [3.05, 3.63) is 18.2 Å². The molecule has 2 N–H and O–H groups in total. The summed E-state index contributed by atoms with van der Waals surface area (Å²) in [5, 5.41) is 5.81. The van der Waals surface area contributed by atoms with Crippen LogP contribution in [0.1, 0.15) is 26.7 Å². The van der Waals surface area contributed by atoms with E-state index in [9.17, 15) is 9.59 Å². The molecule has 0 fully saturated rings. The molecule has 0 unspecified atom stereocenters. The number of hydrogen-bond acceptors (Lipinski definition) is 5. The van der Waals surface area contributed by atoms with E-state index >= 15 is 0 Å². The number of esters is 1. The fourth-order valence-electron chi connectivity index (χ4n) is 1.71. The molecule has 0 aromatic heterocycles. The lowest BCUT2D eigenvalue weighted by Crippen LogP contribution is -2.13. The number of nitrogens with one attached hydrogen (secondary N) is 2. The molecule has 0 aliphatic carbocycles. The van der Waals surface area contributed by atoms with Crippen molar-refractivity contribution in [3.63, 3.8) is 0 Å². The molecule has 0 spiro atoms. The Labute approximate surface area is 124 Å². The summed E-state index contributed by atoms with van der Waals surface area (Å²) in [7, 11) is 1.56. The van der Waals surface area contributed by atoms with Gasteiger partial charge in [0, 0.05) is 19.2 Å². The van der Waals surface area contributed by atoms with E-state index in [1.807, 2.05) is 6.92 Å². The van der Waals surface area contributed by atoms with Crippen LogP contribution in [-0.4, -0.2) is 32.1 Å². The fourth-order valence-corrected chi connectivity index (χ4v) is 1.71. The number of methoxy groups -OCH3 is 1. The zero-order valence-corrected chi connectivity index (χ0v) is 12.7. The molecule has 116 valence electrons. The lowest BCUT2D eigenvalue weighted by molar-refractivity contribution is -0.143. The Bertz CT molecular complexity index is 489. The van der Waals surface area contributed by atoms with Crippen LogP contribution in [0.2, 0.25) is 0 Å². The van der Waals surface area contributed by atoms with Crippen LogP contribution in [0.5, 0.6) is 5.75 Å². The van der Waals surface area contributed by atoms with Crippen molar-refractivity contribution in [2.24, 2.45) is 0 Å². The minimum atomic E-state index is -0.235. The third kappa shape index (κ3) is 6.16. The maximum atomic E-state index is 11.4. The third-order valence-electron chi connectivity index (χ3n) is 2.63. The molecule has 1 aromatic rings. The molecule has 6 nitrogen and oxygen atoms in total. The van der Waals surface area contributed by atoms with Crippen molar-refractivity contribution in [1.29, 1.82) is 0 Å². The SMILES string of the molecule is CCCOC(=O)CCNc1cc(NC(C)=O)ccc1OC. The number of amides is 1. The van der Waals surface area contributed by atoms with Gasteiger partial charge in [0.1, 0.15) is 5.75 Å². The summed E-state index contributed by atoms with van der Waals surface area (Å²) in [5.41, 5.74) is 1.38. The predicted octanol–water partition coefficient (Wildman–Crippen LogP) is 2.41. The van der Waals surface area contributed by atoms with Gasteiger partial charge in [0.05, 0.1) is 25.8 Å². The summed E-state index contributed by atoms with van der Waals surface area (Å²) >= 11 is 0. The molecule has 6 heteroatoms. The Hall–Kier alpha value is -2.24. The monoisotopic (exact) mass is 294 g/mol. The molecule has 0 heterocycles. The maximum absolute atomic E-state index is 11.4. The Morgan fingerprint density at radius 1 is 1.29 bits per heavy atom. The molecule has 0 atom stereocenters. The molecule has 0 aliphatic rings. The lowest BCUT2D eigenvalue weighted by Gasteiger charge is -2.13. The van der Waals surface area contributed by atoms with Crippen LogP contribution in [-0.2, 0) is 14.3 Å². The Kier molecular flexibility index (Phi) is 7.08. The molecule has 21 heavy (non-hydrogen) atoms. The normalized spacial score (nSPS) is 9.86. The van der Waals surface area contributed by atoms with E-state index in [0.29, 0.717) is 30.3 Å². The van der Waals surface area contributed by atoms with Crippen molar-refractivity contribution >= 4 is 23.3 Å². The van der Waals surface area contributed by atoms with Crippen molar-refractivity contribution in [3.8, 4) is 5.75 Å². The highest BCUT2D eigenvalue weighted by molar-refractivity contribution is 5.89. The van der Waals surface area contributed by atoms with Gasteiger partial charge < -0.3 is 20.1 Å². The van der Waals surface area contributed by atoms with Crippen LogP contribution in [0.25, 0.3) is 0 Å². The topological polar surface area (TPSA) is 76.7 Å². The summed E-state index contributed by atoms with van der Waals surface area (Å²) in [6, 6.07) is 5.27. The molecule has 0 bridgehead atoms. The summed E-state index contributed by atoms with van der Waals surface area (Å²) in [6.45, 7) is 4.27. The highest BCUT2D eigenvalue weighted by Crippen LogP contribution is 2.27. The summed E-state index contributed by atoms with van der Waals surface area (Å²) in [6.07, 6.45) is 1.08. The van der Waals surface area contributed by atoms with E-state index in [1.165, 1.54) is 6.92 Å². The van der Waals surface area contributed by atoms with Crippen LogP contribution in [0.15, 0.2) is 18.2 Å². The molecule has 1 aromatic carbocycles.